The Morgan fingerprint density at radius 3 is 1.02 bits per heavy atom. The molecule has 214 valence electrons. The van der Waals surface area contributed by atoms with Crippen molar-refractivity contribution in [1.82, 2.24) is 19.9 Å². The number of nitrogens with zero attached hydrogens (tertiary/aromatic N) is 4. The van der Waals surface area contributed by atoms with Crippen LogP contribution < -0.4 is 0 Å². The molecular weight excluding hydrogens is 560 g/mol. The van der Waals surface area contributed by atoms with Crippen LogP contribution >= 0.6 is 0 Å². The average molecular weight is 587 g/mol. The van der Waals surface area contributed by atoms with Crippen LogP contribution in [0.1, 0.15) is 0 Å². The van der Waals surface area contributed by atoms with Gasteiger partial charge in [-0.1, -0.05) is 109 Å². The van der Waals surface area contributed by atoms with Crippen LogP contribution in [0.15, 0.2) is 158 Å². The van der Waals surface area contributed by atoms with Gasteiger partial charge in [-0.25, -0.2) is 19.9 Å². The van der Waals surface area contributed by atoms with Gasteiger partial charge in [0.05, 0.1) is 34.2 Å². The van der Waals surface area contributed by atoms with Crippen molar-refractivity contribution in [2.75, 3.05) is 0 Å². The van der Waals surface area contributed by atoms with Gasteiger partial charge in [-0.2, -0.15) is 0 Å². The summed E-state index contributed by atoms with van der Waals surface area (Å²) in [6.07, 6.45) is 1.61. The molecule has 0 saturated carbocycles. The molecule has 0 atom stereocenters. The SMILES string of the molecule is c1cc(-c2cc(-c3cccc(-c4c5ccccc5cc5ccccc45)n3)ncn2)nc(-c2c3ccccc3cc3ccccc23)c1. The molecular formula is C42H26N4. The fraction of sp³-hybridized carbons (Fsp3) is 0. The second kappa shape index (κ2) is 10.7. The van der Waals surface area contributed by atoms with Gasteiger partial charge in [0.2, 0.25) is 0 Å². The molecule has 46 heavy (non-hydrogen) atoms. The van der Waals surface area contributed by atoms with E-state index in [1.807, 2.05) is 18.2 Å². The van der Waals surface area contributed by atoms with Crippen molar-refractivity contribution < 1.29 is 0 Å². The first-order chi connectivity index (χ1) is 22.8. The van der Waals surface area contributed by atoms with Gasteiger partial charge in [0.25, 0.3) is 0 Å². The summed E-state index contributed by atoms with van der Waals surface area (Å²) < 4.78 is 0. The quantitative estimate of drug-likeness (QED) is 0.193. The number of aromatic nitrogens is 4. The maximum atomic E-state index is 5.17. The molecule has 0 unspecified atom stereocenters. The molecule has 0 fully saturated rings. The van der Waals surface area contributed by atoms with Crippen molar-refractivity contribution in [3.8, 4) is 45.3 Å². The first kappa shape index (κ1) is 26.2. The number of rotatable bonds is 4. The van der Waals surface area contributed by atoms with Crippen LogP contribution in [0.2, 0.25) is 0 Å². The Morgan fingerprint density at radius 1 is 0.283 bits per heavy atom. The van der Waals surface area contributed by atoms with Crippen molar-refractivity contribution in [1.29, 1.82) is 0 Å². The highest BCUT2D eigenvalue weighted by atomic mass is 14.9. The van der Waals surface area contributed by atoms with Crippen LogP contribution in [0.3, 0.4) is 0 Å². The number of hydrogen-bond acceptors (Lipinski definition) is 4. The smallest absolute Gasteiger partial charge is 0.116 e. The fourth-order valence-electron chi connectivity index (χ4n) is 6.65. The molecule has 4 nitrogen and oxygen atoms in total. The first-order valence-electron chi connectivity index (χ1n) is 15.4. The topological polar surface area (TPSA) is 51.6 Å². The second-order valence-electron chi connectivity index (χ2n) is 11.5. The molecule has 0 bridgehead atoms. The number of fused-ring (bicyclic) bond motifs is 4. The summed E-state index contributed by atoms with van der Waals surface area (Å²) in [5.41, 5.74) is 7.15. The Labute approximate surface area is 265 Å². The Morgan fingerprint density at radius 2 is 0.630 bits per heavy atom. The van der Waals surface area contributed by atoms with E-state index in [9.17, 15) is 0 Å². The molecule has 9 aromatic rings. The number of pyridine rings is 2. The maximum Gasteiger partial charge on any atom is 0.116 e. The molecule has 9 rings (SSSR count). The van der Waals surface area contributed by atoms with E-state index in [2.05, 4.69) is 143 Å². The minimum atomic E-state index is 0.749. The molecule has 0 aliphatic heterocycles. The molecule has 0 aliphatic rings. The molecule has 0 radical (unpaired) electrons. The summed E-state index contributed by atoms with van der Waals surface area (Å²) in [5, 5.41) is 9.48. The molecule has 0 N–H and O–H groups in total. The zero-order chi connectivity index (χ0) is 30.5. The lowest BCUT2D eigenvalue weighted by atomic mass is 9.94. The summed E-state index contributed by atoms with van der Waals surface area (Å²) in [4.78, 5) is 19.7. The summed E-state index contributed by atoms with van der Waals surface area (Å²) >= 11 is 0. The monoisotopic (exact) mass is 586 g/mol. The van der Waals surface area contributed by atoms with Crippen LogP contribution in [0.25, 0.3) is 88.4 Å². The second-order valence-corrected chi connectivity index (χ2v) is 11.5. The molecule has 0 aliphatic carbocycles. The minimum absolute atomic E-state index is 0.749. The maximum absolute atomic E-state index is 5.17. The lowest BCUT2D eigenvalue weighted by Crippen LogP contribution is -1.96. The zero-order valence-electron chi connectivity index (χ0n) is 24.8. The summed E-state index contributed by atoms with van der Waals surface area (Å²) in [5.74, 6) is 0. The third-order valence-electron chi connectivity index (χ3n) is 8.74. The van der Waals surface area contributed by atoms with E-state index in [4.69, 9.17) is 9.97 Å². The Balaban J connectivity index is 1.16. The van der Waals surface area contributed by atoms with E-state index in [-0.39, 0.29) is 0 Å². The molecule has 0 amide bonds. The fourth-order valence-corrected chi connectivity index (χ4v) is 6.65. The predicted molar refractivity (Wildman–Crippen MR) is 189 cm³/mol. The van der Waals surface area contributed by atoms with Crippen molar-refractivity contribution in [2.24, 2.45) is 0 Å². The van der Waals surface area contributed by atoms with Gasteiger partial charge in [0.15, 0.2) is 0 Å². The van der Waals surface area contributed by atoms with Crippen LogP contribution in [-0.2, 0) is 0 Å². The van der Waals surface area contributed by atoms with Gasteiger partial charge in [0, 0.05) is 11.1 Å². The summed E-state index contributed by atoms with van der Waals surface area (Å²) in [7, 11) is 0. The van der Waals surface area contributed by atoms with Crippen molar-refractivity contribution in [3.63, 3.8) is 0 Å². The Hall–Kier alpha value is -6.26. The van der Waals surface area contributed by atoms with Gasteiger partial charge in [-0.3, -0.25) is 0 Å². The van der Waals surface area contributed by atoms with E-state index in [0.717, 1.165) is 45.3 Å². The lowest BCUT2D eigenvalue weighted by Gasteiger charge is -2.13. The number of benzene rings is 6. The van der Waals surface area contributed by atoms with Crippen LogP contribution in [0.5, 0.6) is 0 Å². The highest BCUT2D eigenvalue weighted by Crippen LogP contribution is 2.38. The summed E-state index contributed by atoms with van der Waals surface area (Å²) in [6.45, 7) is 0. The Kier molecular flexibility index (Phi) is 6.10. The zero-order valence-corrected chi connectivity index (χ0v) is 24.8. The van der Waals surface area contributed by atoms with Gasteiger partial charge in [-0.15, -0.1) is 0 Å². The standard InChI is InChI=1S/C42H26N4/c1-5-15-31-27(11-1)23-28-12-2-6-16-32(28)41(31)37-21-9-19-35(45-37)39-25-40(44-26-43-39)36-20-10-22-38(46-36)42-33-17-7-3-13-29(33)24-30-14-4-8-18-34(30)42/h1-26H. The molecule has 4 heteroatoms. The van der Waals surface area contributed by atoms with Crippen LogP contribution in [0, 0.1) is 0 Å². The first-order valence-corrected chi connectivity index (χ1v) is 15.4. The van der Waals surface area contributed by atoms with E-state index in [0.29, 0.717) is 0 Å². The van der Waals surface area contributed by atoms with E-state index in [1.54, 1.807) is 6.33 Å². The van der Waals surface area contributed by atoms with Gasteiger partial charge in [-0.05, 0) is 85.6 Å². The highest BCUT2D eigenvalue weighted by Gasteiger charge is 2.15. The van der Waals surface area contributed by atoms with E-state index >= 15 is 0 Å². The van der Waals surface area contributed by atoms with E-state index in [1.165, 1.54) is 43.1 Å². The highest BCUT2D eigenvalue weighted by molar-refractivity contribution is 6.13. The largest absolute Gasteiger partial charge is 0.246 e. The van der Waals surface area contributed by atoms with Gasteiger partial charge >= 0.3 is 0 Å². The van der Waals surface area contributed by atoms with Crippen molar-refractivity contribution in [2.45, 2.75) is 0 Å². The molecule has 0 spiro atoms. The Bertz CT molecular complexity index is 2320. The van der Waals surface area contributed by atoms with Gasteiger partial charge < -0.3 is 0 Å². The van der Waals surface area contributed by atoms with Crippen molar-refractivity contribution in [3.05, 3.63) is 158 Å². The molecule has 3 aromatic heterocycles. The average Bonchev–Trinajstić information content (AvgIpc) is 3.13. The third-order valence-corrected chi connectivity index (χ3v) is 8.74. The summed E-state index contributed by atoms with van der Waals surface area (Å²) in [6, 6.07) is 52.8. The lowest BCUT2D eigenvalue weighted by molar-refractivity contribution is 1.14. The predicted octanol–water partition coefficient (Wildman–Crippen LogP) is 10.5. The molecule has 6 aromatic carbocycles. The van der Waals surface area contributed by atoms with Crippen LogP contribution in [-0.4, -0.2) is 19.9 Å². The van der Waals surface area contributed by atoms with Crippen LogP contribution in [0.4, 0.5) is 0 Å². The van der Waals surface area contributed by atoms with Crippen molar-refractivity contribution >= 4 is 43.1 Å². The molecule has 3 heterocycles. The molecule has 0 saturated heterocycles. The third kappa shape index (κ3) is 4.39. The van der Waals surface area contributed by atoms with E-state index < -0.39 is 0 Å². The number of hydrogen-bond donors (Lipinski definition) is 0. The normalized spacial score (nSPS) is 11.5. The minimum Gasteiger partial charge on any atom is -0.246 e. The van der Waals surface area contributed by atoms with Gasteiger partial charge in [0.1, 0.15) is 6.33 Å².